The van der Waals surface area contributed by atoms with Gasteiger partial charge in [-0.25, -0.2) is 9.18 Å². The molecule has 1 heterocycles. The van der Waals surface area contributed by atoms with Crippen molar-refractivity contribution in [2.75, 3.05) is 6.54 Å². The Kier molecular flexibility index (Phi) is 6.01. The van der Waals surface area contributed by atoms with E-state index in [0.717, 1.165) is 18.4 Å². The Morgan fingerprint density at radius 2 is 2.03 bits per heavy atom. The van der Waals surface area contributed by atoms with E-state index in [1.807, 2.05) is 11.8 Å². The molecular weight excluding hydrogens is 379 g/mol. The summed E-state index contributed by atoms with van der Waals surface area (Å²) in [5.41, 5.74) is 9.37. The van der Waals surface area contributed by atoms with Crippen molar-refractivity contribution in [1.82, 2.24) is 4.90 Å². The van der Waals surface area contributed by atoms with Crippen molar-refractivity contribution in [2.45, 2.75) is 76.5 Å². The molecule has 30 heavy (non-hydrogen) atoms. The summed E-state index contributed by atoms with van der Waals surface area (Å²) in [7, 11) is 0. The molecule has 0 bridgehead atoms. The van der Waals surface area contributed by atoms with Crippen molar-refractivity contribution in [3.05, 3.63) is 58.9 Å². The largest absolute Gasteiger partial charge is 0.446 e. The van der Waals surface area contributed by atoms with Crippen LogP contribution in [0.5, 0.6) is 0 Å². The van der Waals surface area contributed by atoms with Gasteiger partial charge < -0.3 is 10.5 Å². The first-order valence-electron chi connectivity index (χ1n) is 11.3. The van der Waals surface area contributed by atoms with E-state index in [1.165, 1.54) is 42.5 Å². The van der Waals surface area contributed by atoms with Gasteiger partial charge in [0.25, 0.3) is 0 Å². The Labute approximate surface area is 179 Å². The van der Waals surface area contributed by atoms with Crippen LogP contribution in [0, 0.1) is 11.7 Å². The molecule has 3 aliphatic rings. The molecule has 0 radical (unpaired) electrons. The second-order valence-corrected chi connectivity index (χ2v) is 9.49. The molecule has 4 rings (SSSR count). The van der Waals surface area contributed by atoms with Gasteiger partial charge in [-0.3, -0.25) is 4.90 Å². The smallest absolute Gasteiger partial charge is 0.410 e. The number of carbonyl (C=O) groups is 1. The van der Waals surface area contributed by atoms with Crippen molar-refractivity contribution in [1.29, 1.82) is 0 Å². The minimum Gasteiger partial charge on any atom is -0.446 e. The van der Waals surface area contributed by atoms with Crippen molar-refractivity contribution < 1.29 is 13.9 Å². The maximum Gasteiger partial charge on any atom is 0.410 e. The topological polar surface area (TPSA) is 55.6 Å². The van der Waals surface area contributed by atoms with E-state index in [1.54, 1.807) is 12.1 Å². The first-order chi connectivity index (χ1) is 14.4. The summed E-state index contributed by atoms with van der Waals surface area (Å²) in [6.45, 7) is 4.83. The Morgan fingerprint density at radius 3 is 2.70 bits per heavy atom. The molecule has 1 aromatic rings. The van der Waals surface area contributed by atoms with E-state index in [0.29, 0.717) is 25.3 Å². The quantitative estimate of drug-likeness (QED) is 0.680. The number of unbranched alkanes of at least 4 members (excludes halogenated alkanes) is 1. The predicted molar refractivity (Wildman–Crippen MR) is 116 cm³/mol. The second kappa shape index (κ2) is 8.54. The molecular formula is C25H33FN2O2. The molecule has 1 saturated carbocycles. The Morgan fingerprint density at radius 1 is 1.30 bits per heavy atom. The number of hydrogen-bond donors (Lipinski definition) is 1. The number of halogens is 1. The van der Waals surface area contributed by atoms with Gasteiger partial charge in [0.2, 0.25) is 0 Å². The Bertz CT molecular complexity index is 835. The van der Waals surface area contributed by atoms with E-state index in [-0.39, 0.29) is 29.6 Å². The summed E-state index contributed by atoms with van der Waals surface area (Å²) in [4.78, 5) is 14.9. The first kappa shape index (κ1) is 21.1. The lowest BCUT2D eigenvalue weighted by Crippen LogP contribution is -2.54. The van der Waals surface area contributed by atoms with Crippen LogP contribution in [0.1, 0.15) is 70.4 Å². The van der Waals surface area contributed by atoms with E-state index < -0.39 is 0 Å². The number of allylic oxidation sites excluding steroid dienone is 1. The van der Waals surface area contributed by atoms with E-state index in [2.05, 4.69) is 19.1 Å². The lowest BCUT2D eigenvalue weighted by molar-refractivity contribution is -0.0124. The number of benzene rings is 1. The third-order valence-corrected chi connectivity index (χ3v) is 6.73. The molecule has 0 spiro atoms. The molecule has 1 aromatic carbocycles. The highest BCUT2D eigenvalue weighted by Crippen LogP contribution is 2.43. The minimum absolute atomic E-state index is 0.114. The molecule has 2 N–H and O–H groups in total. The molecule has 1 amide bonds. The normalized spacial score (nSPS) is 30.7. The Hall–Kier alpha value is -2.14. The summed E-state index contributed by atoms with van der Waals surface area (Å²) in [5.74, 6) is 0.307. The fourth-order valence-electron chi connectivity index (χ4n) is 5.08. The average Bonchev–Trinajstić information content (AvgIpc) is 2.70. The monoisotopic (exact) mass is 412 g/mol. The van der Waals surface area contributed by atoms with Crippen LogP contribution in [0.4, 0.5) is 9.18 Å². The van der Waals surface area contributed by atoms with Crippen LogP contribution in [-0.4, -0.2) is 29.2 Å². The average molecular weight is 413 g/mol. The molecule has 4 nitrogen and oxygen atoms in total. The lowest BCUT2D eigenvalue weighted by Gasteiger charge is -2.44. The van der Waals surface area contributed by atoms with Crippen LogP contribution in [0.3, 0.4) is 0 Å². The molecule has 5 heteroatoms. The van der Waals surface area contributed by atoms with Gasteiger partial charge in [0, 0.05) is 24.9 Å². The van der Waals surface area contributed by atoms with Gasteiger partial charge in [-0.1, -0.05) is 49.6 Å². The maximum atomic E-state index is 13.6. The third-order valence-electron chi connectivity index (χ3n) is 6.73. The fraction of sp³-hybridized carbons (Fsp3) is 0.560. The van der Waals surface area contributed by atoms with Gasteiger partial charge >= 0.3 is 6.09 Å². The summed E-state index contributed by atoms with van der Waals surface area (Å²) in [6.07, 6.45) is 11.1. The predicted octanol–water partition coefficient (Wildman–Crippen LogP) is 5.65. The highest BCUT2D eigenvalue weighted by Gasteiger charge is 2.42. The molecule has 1 aliphatic heterocycles. The summed E-state index contributed by atoms with van der Waals surface area (Å²) < 4.78 is 19.3. The summed E-state index contributed by atoms with van der Waals surface area (Å²) in [5, 5.41) is 0. The van der Waals surface area contributed by atoms with Gasteiger partial charge in [0.1, 0.15) is 11.9 Å². The van der Waals surface area contributed by atoms with Crippen LogP contribution >= 0.6 is 0 Å². The number of hydrogen-bond acceptors (Lipinski definition) is 3. The van der Waals surface area contributed by atoms with Crippen LogP contribution in [-0.2, 0) is 4.74 Å². The van der Waals surface area contributed by atoms with Gasteiger partial charge in [0.05, 0.1) is 6.04 Å². The van der Waals surface area contributed by atoms with Crippen molar-refractivity contribution >= 4 is 6.09 Å². The molecule has 1 unspecified atom stereocenters. The zero-order valence-electron chi connectivity index (χ0n) is 18.1. The van der Waals surface area contributed by atoms with E-state index in [9.17, 15) is 9.18 Å². The Balaban J connectivity index is 1.57. The fourth-order valence-corrected chi connectivity index (χ4v) is 5.08. The standard InChI is InChI=1S/C25H33FN2O2/c1-3-4-5-17-6-11-22-19(14-17)12-13-28(23(22)18-7-9-20(26)10-8-18)24(29)30-21-15-25(2,27)16-21/h6-11,17,21,23H,3-5,12-16,27H2,1-2H3/t17?,21-,23-,25+/m0/s1. The van der Waals surface area contributed by atoms with Crippen LogP contribution in [0.25, 0.3) is 0 Å². The number of rotatable bonds is 5. The van der Waals surface area contributed by atoms with Crippen LogP contribution in [0.15, 0.2) is 47.6 Å². The molecule has 0 saturated heterocycles. The second-order valence-electron chi connectivity index (χ2n) is 9.49. The van der Waals surface area contributed by atoms with E-state index in [4.69, 9.17) is 10.5 Å². The number of amides is 1. The van der Waals surface area contributed by atoms with E-state index >= 15 is 0 Å². The van der Waals surface area contributed by atoms with Crippen molar-refractivity contribution in [2.24, 2.45) is 11.7 Å². The van der Waals surface area contributed by atoms with Gasteiger partial charge in [0.15, 0.2) is 0 Å². The summed E-state index contributed by atoms with van der Waals surface area (Å²) in [6, 6.07) is 6.28. The number of ether oxygens (including phenoxy) is 1. The highest BCUT2D eigenvalue weighted by molar-refractivity contribution is 5.70. The molecule has 0 aromatic heterocycles. The van der Waals surface area contributed by atoms with Gasteiger partial charge in [-0.05, 0) is 55.4 Å². The lowest BCUT2D eigenvalue weighted by atomic mass is 9.77. The summed E-state index contributed by atoms with van der Waals surface area (Å²) >= 11 is 0. The minimum atomic E-state index is -0.294. The van der Waals surface area contributed by atoms with Crippen LogP contribution in [0.2, 0.25) is 0 Å². The SMILES string of the molecule is CCCCC1C=CC2=C(CCN(C(=O)O[C@H]3C[C@@](C)(N)C3)[C@H]2c2ccc(F)cc2)C1. The van der Waals surface area contributed by atoms with Crippen molar-refractivity contribution in [3.63, 3.8) is 0 Å². The number of carbonyl (C=O) groups excluding carboxylic acids is 1. The highest BCUT2D eigenvalue weighted by atomic mass is 19.1. The number of nitrogens with two attached hydrogens (primary N) is 1. The van der Waals surface area contributed by atoms with Crippen LogP contribution < -0.4 is 5.73 Å². The van der Waals surface area contributed by atoms with Gasteiger partial charge in [-0.2, -0.15) is 0 Å². The molecule has 162 valence electrons. The third kappa shape index (κ3) is 4.46. The van der Waals surface area contributed by atoms with Gasteiger partial charge in [-0.15, -0.1) is 0 Å². The van der Waals surface area contributed by atoms with Crippen molar-refractivity contribution in [3.8, 4) is 0 Å². The molecule has 2 aliphatic carbocycles. The number of nitrogens with zero attached hydrogens (tertiary/aromatic N) is 1. The maximum absolute atomic E-state index is 13.6. The molecule has 2 atom stereocenters. The molecule has 1 fully saturated rings. The zero-order chi connectivity index (χ0) is 21.3. The first-order valence-corrected chi connectivity index (χ1v) is 11.3. The zero-order valence-corrected chi connectivity index (χ0v) is 18.1.